The molecule has 3 N–H and O–H groups in total. The molecular formula is C29H36ClN5O4. The number of carbonyl (C=O) groups is 2. The van der Waals surface area contributed by atoms with Crippen molar-refractivity contribution >= 4 is 52.0 Å². The van der Waals surface area contributed by atoms with E-state index in [4.69, 9.17) is 14.1 Å². The first-order valence-electron chi connectivity index (χ1n) is 12.9. The minimum Gasteiger partial charge on any atom is -0.453 e. The number of aryl methyl sites for hydroxylation is 1. The molecule has 0 saturated carbocycles. The lowest BCUT2D eigenvalue weighted by atomic mass is 10.1. The molecular weight excluding hydrogens is 518 g/mol. The highest BCUT2D eigenvalue weighted by atomic mass is 35.5. The van der Waals surface area contributed by atoms with Crippen LogP contribution in [0, 0.1) is 6.92 Å². The van der Waals surface area contributed by atoms with Crippen molar-refractivity contribution in [3.05, 3.63) is 53.4 Å². The molecule has 2 amide bonds. The third-order valence-electron chi connectivity index (χ3n) is 5.82. The van der Waals surface area contributed by atoms with Crippen molar-refractivity contribution in [1.82, 2.24) is 15.6 Å². The number of nitrogens with zero attached hydrogens (tertiary/aromatic N) is 2. The molecule has 4 rings (SSSR count). The van der Waals surface area contributed by atoms with Gasteiger partial charge in [0.05, 0.1) is 11.9 Å². The molecule has 0 bridgehead atoms. The zero-order valence-electron chi connectivity index (χ0n) is 23.0. The van der Waals surface area contributed by atoms with Gasteiger partial charge in [0.1, 0.15) is 16.8 Å². The lowest BCUT2D eigenvalue weighted by molar-refractivity contribution is -0.120. The molecule has 0 spiro atoms. The maximum absolute atomic E-state index is 12.0. The molecule has 1 aliphatic carbocycles. The predicted molar refractivity (Wildman–Crippen MR) is 157 cm³/mol. The highest BCUT2D eigenvalue weighted by Crippen LogP contribution is 2.34. The van der Waals surface area contributed by atoms with Crippen LogP contribution in [-0.4, -0.2) is 48.8 Å². The lowest BCUT2D eigenvalue weighted by Gasteiger charge is -2.19. The first kappa shape index (κ1) is 29.7. The van der Waals surface area contributed by atoms with Gasteiger partial charge in [-0.25, -0.2) is 9.78 Å². The molecule has 0 atom stereocenters. The molecule has 1 aliphatic heterocycles. The van der Waals surface area contributed by atoms with Crippen LogP contribution in [0.4, 0.5) is 10.5 Å². The Kier molecular flexibility index (Phi) is 9.75. The maximum atomic E-state index is 12.0. The Morgan fingerprint density at radius 3 is 2.51 bits per heavy atom. The summed E-state index contributed by atoms with van der Waals surface area (Å²) in [5, 5.41) is 11.7. The number of nitrogens with one attached hydrogen (secondary N) is 3. The Hall–Kier alpha value is -3.85. The molecule has 39 heavy (non-hydrogen) atoms. The van der Waals surface area contributed by atoms with Gasteiger partial charge in [-0.2, -0.15) is 0 Å². The van der Waals surface area contributed by atoms with Gasteiger partial charge in [-0.3, -0.25) is 9.79 Å². The predicted octanol–water partition coefficient (Wildman–Crippen LogP) is 5.18. The van der Waals surface area contributed by atoms with Crippen molar-refractivity contribution in [2.75, 3.05) is 31.5 Å². The van der Waals surface area contributed by atoms with E-state index in [-0.39, 0.29) is 24.9 Å². The van der Waals surface area contributed by atoms with E-state index >= 15 is 0 Å². The maximum Gasteiger partial charge on any atom is 0.408 e. The largest absolute Gasteiger partial charge is 0.453 e. The Morgan fingerprint density at radius 2 is 1.79 bits per heavy atom. The number of benzene rings is 3. The van der Waals surface area contributed by atoms with E-state index < -0.39 is 11.7 Å². The zero-order valence-corrected chi connectivity index (χ0v) is 23.8. The fourth-order valence-corrected chi connectivity index (χ4v) is 4.15. The summed E-state index contributed by atoms with van der Waals surface area (Å²) in [6.45, 7) is 11.0. The molecule has 0 fully saturated rings. The van der Waals surface area contributed by atoms with Gasteiger partial charge >= 0.3 is 6.09 Å². The van der Waals surface area contributed by atoms with Gasteiger partial charge in [-0.15, -0.1) is 12.4 Å². The Balaban J connectivity index is 0.00000420. The van der Waals surface area contributed by atoms with Gasteiger partial charge in [0.15, 0.2) is 11.3 Å². The molecule has 0 unspecified atom stereocenters. The van der Waals surface area contributed by atoms with Crippen molar-refractivity contribution in [2.24, 2.45) is 4.99 Å². The zero-order chi connectivity index (χ0) is 27.3. The van der Waals surface area contributed by atoms with Crippen molar-refractivity contribution in [3.63, 3.8) is 0 Å². The number of rotatable bonds is 8. The van der Waals surface area contributed by atoms with Gasteiger partial charge in [0.2, 0.25) is 5.91 Å². The minimum absolute atomic E-state index is 0. The van der Waals surface area contributed by atoms with Crippen LogP contribution in [0.5, 0.6) is 0 Å². The van der Waals surface area contributed by atoms with Crippen LogP contribution >= 0.6 is 12.4 Å². The van der Waals surface area contributed by atoms with Crippen LogP contribution in [-0.2, 0) is 9.53 Å². The number of ether oxygens (including phenoxy) is 1. The fourth-order valence-electron chi connectivity index (χ4n) is 4.15. The SMILES string of the molecule is CCN=c1cc2oc3cc(NCCCNC(=O)CNC(=O)OC(C)(C)C)c4ccccc4c3nc-2cc1C.Cl. The Labute approximate surface area is 234 Å². The van der Waals surface area contributed by atoms with Crippen LogP contribution in [0.15, 0.2) is 51.9 Å². The molecule has 2 aromatic rings. The second kappa shape index (κ2) is 12.8. The monoisotopic (exact) mass is 553 g/mol. The Morgan fingerprint density at radius 1 is 1.05 bits per heavy atom. The van der Waals surface area contributed by atoms with E-state index in [1.807, 2.05) is 50.2 Å². The first-order valence-corrected chi connectivity index (χ1v) is 12.9. The quantitative estimate of drug-likeness (QED) is 0.157. The first-order chi connectivity index (χ1) is 18.1. The topological polar surface area (TPSA) is 118 Å². The fraction of sp³-hybridized carbons (Fsp3) is 0.379. The number of halogens is 1. The standard InChI is InChI=1S/C29H35N5O4.ClH/c1-6-30-21-15-24-23(14-18(21)2)34-27-20-11-8-7-10-19(20)22(16-25(27)37-24)31-12-9-13-32-26(35)17-33-28(36)38-29(3,4)5;/h7-8,10-11,14-16,31H,6,9,12-13,17H2,1-5H3,(H,32,35)(H,33,36);1H. The number of anilines is 1. The summed E-state index contributed by atoms with van der Waals surface area (Å²) in [7, 11) is 0. The van der Waals surface area contributed by atoms with Crippen LogP contribution in [0.3, 0.4) is 0 Å². The van der Waals surface area contributed by atoms with Crippen LogP contribution in [0.1, 0.15) is 39.7 Å². The molecule has 1 heterocycles. The molecule has 0 saturated heterocycles. The Bertz CT molecular complexity index is 1510. The molecule has 0 aromatic heterocycles. The van der Waals surface area contributed by atoms with Crippen LogP contribution in [0.25, 0.3) is 33.3 Å². The van der Waals surface area contributed by atoms with Gasteiger partial charge in [-0.1, -0.05) is 24.3 Å². The third kappa shape index (κ3) is 7.60. The van der Waals surface area contributed by atoms with Crippen molar-refractivity contribution in [3.8, 4) is 11.5 Å². The molecule has 0 radical (unpaired) electrons. The number of fused-ring (bicyclic) bond motifs is 4. The van der Waals surface area contributed by atoms with E-state index in [0.29, 0.717) is 37.4 Å². The summed E-state index contributed by atoms with van der Waals surface area (Å²) < 4.78 is 11.4. The van der Waals surface area contributed by atoms with Gasteiger partial charge < -0.3 is 25.1 Å². The second-order valence-corrected chi connectivity index (χ2v) is 10.1. The van der Waals surface area contributed by atoms with Crippen LogP contribution < -0.4 is 21.3 Å². The number of amides is 2. The van der Waals surface area contributed by atoms with E-state index in [0.717, 1.165) is 38.6 Å². The van der Waals surface area contributed by atoms with Crippen LogP contribution in [0.2, 0.25) is 0 Å². The lowest BCUT2D eigenvalue weighted by Crippen LogP contribution is -2.40. The smallest absolute Gasteiger partial charge is 0.408 e. The summed E-state index contributed by atoms with van der Waals surface area (Å²) in [6.07, 6.45) is 0.0787. The summed E-state index contributed by atoms with van der Waals surface area (Å²) in [5.41, 5.74) is 3.68. The normalized spacial score (nSPS) is 11.9. The summed E-state index contributed by atoms with van der Waals surface area (Å²) >= 11 is 0. The van der Waals surface area contributed by atoms with Crippen molar-refractivity contribution < 1.29 is 18.7 Å². The number of hydrogen-bond acceptors (Lipinski definition) is 7. The van der Waals surface area contributed by atoms with Crippen molar-refractivity contribution in [1.29, 1.82) is 0 Å². The number of hydrogen-bond donors (Lipinski definition) is 3. The summed E-state index contributed by atoms with van der Waals surface area (Å²) in [6, 6.07) is 14.0. The third-order valence-corrected chi connectivity index (χ3v) is 5.82. The van der Waals surface area contributed by atoms with E-state index in [9.17, 15) is 9.59 Å². The average molecular weight is 554 g/mol. The van der Waals surface area contributed by atoms with Gasteiger partial charge in [0.25, 0.3) is 0 Å². The molecule has 2 aliphatic rings. The summed E-state index contributed by atoms with van der Waals surface area (Å²) in [5.74, 6) is 0.424. The van der Waals surface area contributed by atoms with Gasteiger partial charge in [0, 0.05) is 48.2 Å². The summed E-state index contributed by atoms with van der Waals surface area (Å²) in [4.78, 5) is 33.2. The van der Waals surface area contributed by atoms with E-state index in [2.05, 4.69) is 27.0 Å². The highest BCUT2D eigenvalue weighted by molar-refractivity contribution is 6.10. The number of carbonyl (C=O) groups excluding carboxylic acids is 2. The number of aromatic nitrogens is 1. The highest BCUT2D eigenvalue weighted by Gasteiger charge is 2.17. The van der Waals surface area contributed by atoms with E-state index in [1.165, 1.54) is 0 Å². The molecule has 2 aromatic carbocycles. The van der Waals surface area contributed by atoms with E-state index in [1.54, 1.807) is 20.8 Å². The molecule has 10 heteroatoms. The average Bonchev–Trinajstić information content (AvgIpc) is 2.86. The number of alkyl carbamates (subject to hydrolysis) is 1. The van der Waals surface area contributed by atoms with Crippen molar-refractivity contribution in [2.45, 2.75) is 46.6 Å². The second-order valence-electron chi connectivity index (χ2n) is 10.1. The van der Waals surface area contributed by atoms with Gasteiger partial charge in [-0.05, 0) is 52.7 Å². The minimum atomic E-state index is -0.615. The molecule has 9 nitrogen and oxygen atoms in total. The molecule has 208 valence electrons.